The van der Waals surface area contributed by atoms with Gasteiger partial charge in [0.25, 0.3) is 24.8 Å². The zero-order chi connectivity index (χ0) is 10.7. The van der Waals surface area contributed by atoms with Crippen molar-refractivity contribution in [2.75, 3.05) is 0 Å². The minimum absolute atomic E-state index is 0. The summed E-state index contributed by atoms with van der Waals surface area (Å²) in [5, 5.41) is 0. The van der Waals surface area contributed by atoms with Gasteiger partial charge < -0.3 is 29.4 Å². The van der Waals surface area contributed by atoms with E-state index in [0.29, 0.717) is 0 Å². The zero-order valence-corrected chi connectivity index (χ0v) is 14.5. The van der Waals surface area contributed by atoms with Gasteiger partial charge in [-0.3, -0.25) is 0 Å². The SMILES string of the molecule is O=[P+]([O-])[O-].O=[P+]([O-])[O-].O=[P+]([O-])[O-].[Y+3].[Y+3]. The van der Waals surface area contributed by atoms with Gasteiger partial charge in [-0.25, -0.2) is 0 Å². The molecule has 14 heteroatoms. The van der Waals surface area contributed by atoms with Crippen LogP contribution in [0.4, 0.5) is 0 Å². The van der Waals surface area contributed by atoms with Crippen molar-refractivity contribution in [3.8, 4) is 0 Å². The fraction of sp³-hybridized carbons (Fsp3) is 0. The third kappa shape index (κ3) is 488. The molecule has 0 aromatic rings. The van der Waals surface area contributed by atoms with E-state index < -0.39 is 24.8 Å². The largest absolute Gasteiger partial charge is 3.00 e. The quantitative estimate of drug-likeness (QED) is 0.349. The van der Waals surface area contributed by atoms with Crippen molar-refractivity contribution in [3.05, 3.63) is 0 Å². The Morgan fingerprint density at radius 3 is 0.500 bits per heavy atom. The van der Waals surface area contributed by atoms with Crippen molar-refractivity contribution >= 4 is 24.8 Å². The number of hydrogen-bond donors (Lipinski definition) is 0. The van der Waals surface area contributed by atoms with Crippen molar-refractivity contribution in [2.24, 2.45) is 0 Å². The van der Waals surface area contributed by atoms with E-state index in [1.54, 1.807) is 0 Å². The molecule has 0 atom stereocenters. The smallest absolute Gasteiger partial charge is 0.598 e. The molecule has 0 unspecified atom stereocenters. The van der Waals surface area contributed by atoms with E-state index >= 15 is 0 Å². The summed E-state index contributed by atoms with van der Waals surface area (Å²) in [6.07, 6.45) is 0. The molecule has 0 heterocycles. The molecule has 9 nitrogen and oxygen atoms in total. The Morgan fingerprint density at radius 2 is 0.500 bits per heavy atom. The van der Waals surface area contributed by atoms with E-state index in [1.807, 2.05) is 0 Å². The van der Waals surface area contributed by atoms with Crippen LogP contribution in [0, 0.1) is 0 Å². The molecule has 0 rings (SSSR count). The second-order valence-electron chi connectivity index (χ2n) is 0.671. The molecule has 0 amide bonds. The fourth-order valence-electron chi connectivity index (χ4n) is 0. The van der Waals surface area contributed by atoms with Gasteiger partial charge >= 0.3 is 65.4 Å². The summed E-state index contributed by atoms with van der Waals surface area (Å²) in [4.78, 5) is 50.9. The first-order valence-electron chi connectivity index (χ1n) is 1.64. The normalized spacial score (nSPS) is 5.57. The van der Waals surface area contributed by atoms with Crippen LogP contribution in [-0.2, 0) is 79.1 Å². The molecule has 0 saturated heterocycles. The summed E-state index contributed by atoms with van der Waals surface area (Å²) in [5.41, 5.74) is 0. The summed E-state index contributed by atoms with van der Waals surface area (Å²) in [6, 6.07) is 0. The Bertz CT molecular complexity index is 116. The molecule has 0 saturated carbocycles. The van der Waals surface area contributed by atoms with E-state index in [0.717, 1.165) is 0 Å². The molecule has 0 fully saturated rings. The molecule has 0 spiro atoms. The Labute approximate surface area is 132 Å². The molecule has 0 aliphatic heterocycles. The van der Waals surface area contributed by atoms with Crippen molar-refractivity contribution in [1.82, 2.24) is 0 Å². The van der Waals surface area contributed by atoms with Crippen LogP contribution >= 0.6 is 24.8 Å². The van der Waals surface area contributed by atoms with Crippen LogP contribution in [0.25, 0.3) is 0 Å². The molecular weight excluding hydrogens is 415 g/mol. The monoisotopic (exact) mass is 415 g/mol. The molecule has 0 N–H and O–H groups in total. The van der Waals surface area contributed by atoms with E-state index in [4.69, 9.17) is 43.1 Å². The molecule has 14 heavy (non-hydrogen) atoms. The minimum Gasteiger partial charge on any atom is -0.598 e. The standard InChI is InChI=1S/3HO3P.2Y/c3*1-4(2)3;;/h3*(H,1,2,3);;/q;;;2*+3/p-3. The Balaban J connectivity index is -0.0000000270. The van der Waals surface area contributed by atoms with Crippen LogP contribution in [0.1, 0.15) is 0 Å². The summed E-state index contributed by atoms with van der Waals surface area (Å²) in [6.45, 7) is 0. The van der Waals surface area contributed by atoms with E-state index in [9.17, 15) is 0 Å². The maximum absolute atomic E-state index is 8.48. The van der Waals surface area contributed by atoms with Gasteiger partial charge in [-0.15, -0.1) is 0 Å². The predicted molar refractivity (Wildman–Crippen MR) is 22.8 cm³/mol. The predicted octanol–water partition coefficient (Wildman–Crippen LogP) is -4.91. The first kappa shape index (κ1) is 29.9. The first-order chi connectivity index (χ1) is 5.20. The Hall–Kier alpha value is 2.27. The van der Waals surface area contributed by atoms with Gasteiger partial charge in [-0.1, -0.05) is 13.7 Å². The second-order valence-corrected chi connectivity index (χ2v) is 2.01. The van der Waals surface area contributed by atoms with Crippen LogP contribution in [0.3, 0.4) is 0 Å². The second kappa shape index (κ2) is 24.5. The van der Waals surface area contributed by atoms with Gasteiger partial charge in [-0.2, -0.15) is 0 Å². The van der Waals surface area contributed by atoms with Gasteiger partial charge in [0, 0.05) is 0 Å². The number of rotatable bonds is 0. The van der Waals surface area contributed by atoms with Crippen LogP contribution in [0.5, 0.6) is 0 Å². The van der Waals surface area contributed by atoms with Crippen molar-refractivity contribution in [2.45, 2.75) is 0 Å². The van der Waals surface area contributed by atoms with Gasteiger partial charge in [0.15, 0.2) is 0 Å². The average molecular weight is 415 g/mol. The number of hydrogen-bond acceptors (Lipinski definition) is 9. The average Bonchev–Trinajstić information content (AvgIpc) is 1.54. The first-order valence-corrected chi connectivity index (χ1v) is 4.93. The topological polar surface area (TPSA) is 190 Å². The maximum Gasteiger partial charge on any atom is 3.00 e. The molecule has 0 aliphatic rings. The van der Waals surface area contributed by atoms with E-state index in [-0.39, 0.29) is 65.4 Å². The van der Waals surface area contributed by atoms with Crippen molar-refractivity contribution in [1.29, 1.82) is 0 Å². The fourth-order valence-corrected chi connectivity index (χ4v) is 0. The minimum atomic E-state index is -3.37. The third-order valence-corrected chi connectivity index (χ3v) is 0. The Morgan fingerprint density at radius 1 is 0.500 bits per heavy atom. The van der Waals surface area contributed by atoms with Crippen LogP contribution in [-0.4, -0.2) is 0 Å². The summed E-state index contributed by atoms with van der Waals surface area (Å²) in [7, 11) is -10.1. The third-order valence-electron chi connectivity index (χ3n) is 0. The van der Waals surface area contributed by atoms with Gasteiger partial charge in [0.05, 0.1) is 0 Å². The molecule has 0 aliphatic carbocycles. The van der Waals surface area contributed by atoms with Gasteiger partial charge in [0.1, 0.15) is 0 Å². The molecule has 0 bridgehead atoms. The van der Waals surface area contributed by atoms with E-state index in [2.05, 4.69) is 0 Å². The van der Waals surface area contributed by atoms with Crippen LogP contribution in [0.15, 0.2) is 0 Å². The molecule has 0 radical (unpaired) electrons. The van der Waals surface area contributed by atoms with Crippen molar-refractivity contribution < 1.29 is 108 Å². The van der Waals surface area contributed by atoms with Crippen LogP contribution in [0.2, 0.25) is 0 Å². The van der Waals surface area contributed by atoms with Gasteiger partial charge in [0.2, 0.25) is 0 Å². The summed E-state index contributed by atoms with van der Waals surface area (Å²) < 4.78 is 25.4. The maximum atomic E-state index is 8.48. The Kier molecular flexibility index (Phi) is 52.2. The molecule has 0 aromatic heterocycles. The molecule has 0 aromatic carbocycles. The molecule has 72 valence electrons. The summed E-state index contributed by atoms with van der Waals surface area (Å²) in [5.74, 6) is 0. The molecular formula is O9P3Y2+3. The van der Waals surface area contributed by atoms with E-state index in [1.165, 1.54) is 0 Å². The van der Waals surface area contributed by atoms with Crippen LogP contribution < -0.4 is 29.4 Å². The zero-order valence-electron chi connectivity index (χ0n) is 6.17. The summed E-state index contributed by atoms with van der Waals surface area (Å²) >= 11 is 0. The van der Waals surface area contributed by atoms with Crippen molar-refractivity contribution in [3.63, 3.8) is 0 Å². The van der Waals surface area contributed by atoms with Gasteiger partial charge in [-0.05, 0) is 0 Å².